The normalized spacial score (nSPS) is 11.8. The highest BCUT2D eigenvalue weighted by atomic mass is 35.5. The van der Waals surface area contributed by atoms with Crippen LogP contribution < -0.4 is 5.73 Å². The summed E-state index contributed by atoms with van der Waals surface area (Å²) in [5.41, 5.74) is 5.03. The molecule has 0 bridgehead atoms. The second kappa shape index (κ2) is 4.66. The molecule has 0 amide bonds. The Morgan fingerprint density at radius 2 is 2.17 bits per heavy atom. The van der Waals surface area contributed by atoms with Gasteiger partial charge in [-0.15, -0.1) is 0 Å². The Morgan fingerprint density at radius 1 is 1.44 bits per heavy atom. The molecule has 0 aliphatic carbocycles. The van der Waals surface area contributed by atoms with Gasteiger partial charge in [0.2, 0.25) is 11.7 Å². The molecule has 18 heavy (non-hydrogen) atoms. The average Bonchev–Trinajstić information content (AvgIpc) is 2.76. The highest BCUT2D eigenvalue weighted by molar-refractivity contribution is 6.33. The molecule has 1 aromatic heterocycles. The maximum absolute atomic E-state index is 13.8. The lowest BCUT2D eigenvalue weighted by Crippen LogP contribution is -2.08. The van der Waals surface area contributed by atoms with Gasteiger partial charge in [0.25, 0.3) is 0 Å². The Hall–Kier alpha value is -1.46. The van der Waals surface area contributed by atoms with Crippen LogP contribution in [-0.4, -0.2) is 10.1 Å². The monoisotopic (exact) mass is 269 g/mol. The summed E-state index contributed by atoms with van der Waals surface area (Å²) in [4.78, 5) is 4.07. The van der Waals surface area contributed by atoms with E-state index >= 15 is 0 Å². The first-order chi connectivity index (χ1) is 8.41. The summed E-state index contributed by atoms with van der Waals surface area (Å²) in [6, 6.07) is 4.89. The maximum atomic E-state index is 13.8. The highest BCUT2D eigenvalue weighted by Crippen LogP contribution is 2.32. The van der Waals surface area contributed by atoms with Crippen LogP contribution in [0.5, 0.6) is 0 Å². The van der Waals surface area contributed by atoms with Crippen LogP contribution in [0.4, 0.5) is 4.39 Å². The summed E-state index contributed by atoms with van der Waals surface area (Å²) >= 11 is 6.10. The largest absolute Gasteiger partial charge is 0.338 e. The maximum Gasteiger partial charge on any atom is 0.240 e. The fraction of sp³-hybridized carbons (Fsp3) is 0.333. The molecular weight excluding hydrogens is 257 g/mol. The molecule has 0 radical (unpaired) electrons. The van der Waals surface area contributed by atoms with Crippen molar-refractivity contribution < 1.29 is 8.91 Å². The molecule has 2 N–H and O–H groups in total. The predicted molar refractivity (Wildman–Crippen MR) is 66.8 cm³/mol. The molecule has 1 heterocycles. The minimum absolute atomic E-state index is 0.167. The summed E-state index contributed by atoms with van der Waals surface area (Å²) < 4.78 is 18.7. The minimum atomic E-state index is -1.44. The Balaban J connectivity index is 2.41. The fourth-order valence-electron chi connectivity index (χ4n) is 1.51. The molecule has 96 valence electrons. The van der Waals surface area contributed by atoms with Crippen molar-refractivity contribution in [3.63, 3.8) is 0 Å². The first-order valence-electron chi connectivity index (χ1n) is 5.44. The van der Waals surface area contributed by atoms with Crippen molar-refractivity contribution in [2.45, 2.75) is 26.1 Å². The molecule has 2 aromatic rings. The topological polar surface area (TPSA) is 64.9 Å². The minimum Gasteiger partial charge on any atom is -0.338 e. The first-order valence-corrected chi connectivity index (χ1v) is 5.81. The molecule has 0 aliphatic rings. The zero-order chi connectivity index (χ0) is 13.3. The van der Waals surface area contributed by atoms with Gasteiger partial charge in [0, 0.05) is 5.56 Å². The van der Waals surface area contributed by atoms with E-state index in [1.807, 2.05) is 0 Å². The van der Waals surface area contributed by atoms with Crippen LogP contribution in [0.1, 0.15) is 25.3 Å². The smallest absolute Gasteiger partial charge is 0.240 e. The molecule has 0 fully saturated rings. The SMILES string of the molecule is CC(C)(F)c1ccc(-c2noc(CN)n2)c(Cl)c1. The van der Waals surface area contributed by atoms with Gasteiger partial charge in [-0.2, -0.15) is 4.98 Å². The number of nitrogens with two attached hydrogens (primary N) is 1. The van der Waals surface area contributed by atoms with Crippen LogP contribution in [0, 0.1) is 0 Å². The number of hydrogen-bond acceptors (Lipinski definition) is 4. The summed E-state index contributed by atoms with van der Waals surface area (Å²) in [6.07, 6.45) is 0. The van der Waals surface area contributed by atoms with Gasteiger partial charge in [-0.1, -0.05) is 22.8 Å². The Kier molecular flexibility index (Phi) is 3.36. The number of nitrogens with zero attached hydrogens (tertiary/aromatic N) is 2. The van der Waals surface area contributed by atoms with Gasteiger partial charge >= 0.3 is 0 Å². The number of rotatable bonds is 3. The van der Waals surface area contributed by atoms with E-state index in [-0.39, 0.29) is 6.54 Å². The molecule has 0 saturated heterocycles. The van der Waals surface area contributed by atoms with Crippen molar-refractivity contribution in [3.05, 3.63) is 34.7 Å². The molecule has 2 rings (SSSR count). The van der Waals surface area contributed by atoms with Gasteiger partial charge in [-0.25, -0.2) is 4.39 Å². The standard InChI is InChI=1S/C12H13ClFN3O/c1-12(2,14)7-3-4-8(9(13)5-7)11-16-10(6-15)18-17-11/h3-5H,6,15H2,1-2H3. The highest BCUT2D eigenvalue weighted by Gasteiger charge is 2.21. The van der Waals surface area contributed by atoms with Gasteiger partial charge < -0.3 is 10.3 Å². The van der Waals surface area contributed by atoms with E-state index in [1.54, 1.807) is 18.2 Å². The first kappa shape index (κ1) is 13.0. The van der Waals surface area contributed by atoms with Gasteiger partial charge in [0.05, 0.1) is 11.6 Å². The molecule has 1 aromatic carbocycles. The number of aromatic nitrogens is 2. The molecule has 6 heteroatoms. The van der Waals surface area contributed by atoms with E-state index in [0.717, 1.165) is 0 Å². The third kappa shape index (κ3) is 2.52. The van der Waals surface area contributed by atoms with E-state index in [0.29, 0.717) is 27.9 Å². The molecule has 0 saturated carbocycles. The van der Waals surface area contributed by atoms with Crippen LogP contribution in [-0.2, 0) is 12.2 Å². The lowest BCUT2D eigenvalue weighted by molar-refractivity contribution is 0.221. The van der Waals surface area contributed by atoms with E-state index in [2.05, 4.69) is 10.1 Å². The summed E-state index contributed by atoms with van der Waals surface area (Å²) in [7, 11) is 0. The van der Waals surface area contributed by atoms with Crippen molar-refractivity contribution >= 4 is 11.6 Å². The van der Waals surface area contributed by atoms with E-state index in [1.165, 1.54) is 13.8 Å². The second-order valence-corrected chi connectivity index (χ2v) is 4.79. The zero-order valence-corrected chi connectivity index (χ0v) is 10.8. The third-order valence-electron chi connectivity index (χ3n) is 2.54. The summed E-state index contributed by atoms with van der Waals surface area (Å²) in [6.45, 7) is 3.11. The molecule has 4 nitrogen and oxygen atoms in total. The van der Waals surface area contributed by atoms with Crippen molar-refractivity contribution in [1.82, 2.24) is 10.1 Å². The Labute approximate surface area is 109 Å². The molecule has 0 unspecified atom stereocenters. The van der Waals surface area contributed by atoms with E-state index in [9.17, 15) is 4.39 Å². The Morgan fingerprint density at radius 3 is 2.67 bits per heavy atom. The fourth-order valence-corrected chi connectivity index (χ4v) is 1.78. The molecule has 0 atom stereocenters. The van der Waals surface area contributed by atoms with Crippen LogP contribution in [0.15, 0.2) is 22.7 Å². The zero-order valence-electron chi connectivity index (χ0n) is 10.1. The number of halogens is 2. The number of hydrogen-bond donors (Lipinski definition) is 1. The van der Waals surface area contributed by atoms with Gasteiger partial charge in [0.1, 0.15) is 5.67 Å². The lowest BCUT2D eigenvalue weighted by atomic mass is 9.99. The summed E-state index contributed by atoms with van der Waals surface area (Å²) in [5.74, 6) is 0.680. The molecule has 0 aliphatic heterocycles. The molecular formula is C12H13ClFN3O. The van der Waals surface area contributed by atoms with E-state index < -0.39 is 5.67 Å². The van der Waals surface area contributed by atoms with Crippen molar-refractivity contribution in [1.29, 1.82) is 0 Å². The van der Waals surface area contributed by atoms with Crippen LogP contribution in [0.2, 0.25) is 5.02 Å². The van der Waals surface area contributed by atoms with Crippen LogP contribution >= 0.6 is 11.6 Å². The quantitative estimate of drug-likeness (QED) is 0.930. The van der Waals surface area contributed by atoms with Crippen molar-refractivity contribution in [2.75, 3.05) is 0 Å². The summed E-state index contributed by atoms with van der Waals surface area (Å²) in [5, 5.41) is 4.14. The molecule has 0 spiro atoms. The number of alkyl halides is 1. The van der Waals surface area contributed by atoms with Crippen molar-refractivity contribution in [3.8, 4) is 11.4 Å². The Bertz CT molecular complexity index is 563. The van der Waals surface area contributed by atoms with Crippen LogP contribution in [0.3, 0.4) is 0 Å². The van der Waals surface area contributed by atoms with Gasteiger partial charge in [-0.05, 0) is 31.5 Å². The van der Waals surface area contributed by atoms with Crippen molar-refractivity contribution in [2.24, 2.45) is 5.73 Å². The number of benzene rings is 1. The lowest BCUT2D eigenvalue weighted by Gasteiger charge is -2.15. The third-order valence-corrected chi connectivity index (χ3v) is 2.85. The van der Waals surface area contributed by atoms with Gasteiger partial charge in [0.15, 0.2) is 0 Å². The van der Waals surface area contributed by atoms with Crippen LogP contribution in [0.25, 0.3) is 11.4 Å². The van der Waals surface area contributed by atoms with Gasteiger partial charge in [-0.3, -0.25) is 0 Å². The average molecular weight is 270 g/mol. The predicted octanol–water partition coefficient (Wildman–Crippen LogP) is 3.05. The van der Waals surface area contributed by atoms with E-state index in [4.69, 9.17) is 21.9 Å². The second-order valence-electron chi connectivity index (χ2n) is 4.38.